The van der Waals surface area contributed by atoms with Gasteiger partial charge in [0.1, 0.15) is 0 Å². The zero-order valence-electron chi connectivity index (χ0n) is 37.2. The third-order valence-electron chi connectivity index (χ3n) is 11.3. The van der Waals surface area contributed by atoms with Gasteiger partial charge in [-0.3, -0.25) is 4.79 Å². The lowest BCUT2D eigenvalue weighted by molar-refractivity contribution is -0.123. The number of carbonyl (C=O) groups is 1. The largest absolute Gasteiger partial charge is 0.394 e. The third-order valence-corrected chi connectivity index (χ3v) is 11.3. The van der Waals surface area contributed by atoms with Crippen LogP contribution in [0.2, 0.25) is 0 Å². The average Bonchev–Trinajstić information content (AvgIpc) is 3.19. The molecule has 0 aliphatic heterocycles. The number of amides is 1. The van der Waals surface area contributed by atoms with Crippen LogP contribution in [0.25, 0.3) is 0 Å². The molecule has 0 fully saturated rings. The first kappa shape index (κ1) is 53.6. The predicted octanol–water partition coefficient (Wildman–Crippen LogP) is 15.7. The van der Waals surface area contributed by atoms with Gasteiger partial charge in [0, 0.05) is 6.42 Å². The van der Waals surface area contributed by atoms with Crippen molar-refractivity contribution in [3.63, 3.8) is 0 Å². The van der Waals surface area contributed by atoms with Crippen LogP contribution in [0.3, 0.4) is 0 Å². The lowest BCUT2D eigenvalue weighted by atomic mass is 10.0. The normalized spacial score (nSPS) is 13.2. The molecule has 0 aliphatic rings. The minimum atomic E-state index is -0.859. The molecule has 3 N–H and O–H groups in total. The van der Waals surface area contributed by atoms with E-state index in [-0.39, 0.29) is 12.5 Å². The second kappa shape index (κ2) is 47.0. The van der Waals surface area contributed by atoms with E-state index in [1.54, 1.807) is 6.08 Å². The summed E-state index contributed by atoms with van der Waals surface area (Å²) in [7, 11) is 0. The summed E-state index contributed by atoms with van der Waals surface area (Å²) >= 11 is 0. The van der Waals surface area contributed by atoms with Gasteiger partial charge < -0.3 is 15.5 Å². The lowest BCUT2D eigenvalue weighted by Gasteiger charge is -2.19. The summed E-state index contributed by atoms with van der Waals surface area (Å²) in [6.45, 7) is 4.28. The highest BCUT2D eigenvalue weighted by Crippen LogP contribution is 2.16. The highest BCUT2D eigenvalue weighted by Gasteiger charge is 2.17. The Labute approximate surface area is 344 Å². The Morgan fingerprint density at radius 3 is 1.05 bits per heavy atom. The predicted molar refractivity (Wildman–Crippen MR) is 244 cm³/mol. The molecule has 0 aromatic heterocycles. The monoisotopic (exact) mass is 772 g/mol. The van der Waals surface area contributed by atoms with Crippen LogP contribution < -0.4 is 5.32 Å². The smallest absolute Gasteiger partial charge is 0.220 e. The number of unbranched alkanes of at least 4 members (excludes halogenated alkanes) is 34. The maximum atomic E-state index is 12.4. The number of nitrogens with one attached hydrogen (secondary N) is 1. The zero-order chi connectivity index (χ0) is 40.0. The highest BCUT2D eigenvalue weighted by atomic mass is 16.3. The molecule has 2 unspecified atom stereocenters. The van der Waals surface area contributed by atoms with E-state index in [1.807, 2.05) is 6.08 Å². The number of hydrogen-bond donors (Lipinski definition) is 3. The van der Waals surface area contributed by atoms with Gasteiger partial charge in [0.05, 0.1) is 18.8 Å². The van der Waals surface area contributed by atoms with Gasteiger partial charge in [-0.25, -0.2) is 0 Å². The summed E-state index contributed by atoms with van der Waals surface area (Å²) in [6.07, 6.45) is 63.0. The van der Waals surface area contributed by atoms with Crippen LogP contribution in [0, 0.1) is 0 Å². The summed E-state index contributed by atoms with van der Waals surface area (Å²) in [6, 6.07) is -0.636. The van der Waals surface area contributed by atoms with Crippen LogP contribution in [0.5, 0.6) is 0 Å². The number of rotatable bonds is 45. The molecular formula is C51H97NO3. The van der Waals surface area contributed by atoms with Crippen molar-refractivity contribution in [1.29, 1.82) is 0 Å². The van der Waals surface area contributed by atoms with E-state index < -0.39 is 12.1 Å². The standard InChI is InChI=1S/C51H97NO3/c1-3-5-7-9-11-13-15-16-17-18-19-20-21-22-23-24-25-26-27-28-29-30-31-32-33-34-35-37-39-41-43-45-47-51(55)52-49(48-53)50(54)46-44-42-40-38-36-14-12-10-8-6-4-2/h22-23,36,38,44,46,49-50,53-54H,3-21,24-35,37,39-43,45,47-48H2,1-2H3,(H,52,55)/b23-22-,38-36+,46-44+. The van der Waals surface area contributed by atoms with Crippen molar-refractivity contribution in [2.45, 2.75) is 276 Å². The SMILES string of the molecule is CCCCCCC/C=C/CC/C=C/C(O)C(CO)NC(=O)CCCCCCCCCCCCCCCCCC/C=C\CCCCCCCCCCCCCC. The van der Waals surface area contributed by atoms with Crippen molar-refractivity contribution >= 4 is 5.91 Å². The van der Waals surface area contributed by atoms with Crippen molar-refractivity contribution in [3.8, 4) is 0 Å². The number of hydrogen-bond acceptors (Lipinski definition) is 3. The van der Waals surface area contributed by atoms with E-state index in [1.165, 1.54) is 212 Å². The van der Waals surface area contributed by atoms with Crippen molar-refractivity contribution in [2.75, 3.05) is 6.61 Å². The molecule has 0 aromatic carbocycles. The fraction of sp³-hybridized carbons (Fsp3) is 0.863. The molecule has 2 atom stereocenters. The Hall–Kier alpha value is -1.39. The van der Waals surface area contributed by atoms with Gasteiger partial charge in [-0.05, 0) is 57.8 Å². The van der Waals surface area contributed by atoms with E-state index in [4.69, 9.17) is 0 Å². The third kappa shape index (κ3) is 43.6. The quantitative estimate of drug-likeness (QED) is 0.0426. The first-order valence-electron chi connectivity index (χ1n) is 24.7. The molecule has 55 heavy (non-hydrogen) atoms. The van der Waals surface area contributed by atoms with Crippen LogP contribution in [0.1, 0.15) is 264 Å². The molecular weight excluding hydrogens is 675 g/mol. The summed E-state index contributed by atoms with van der Waals surface area (Å²) in [5.74, 6) is -0.0728. The van der Waals surface area contributed by atoms with Gasteiger partial charge in [-0.1, -0.05) is 237 Å². The molecule has 0 rings (SSSR count). The molecule has 4 heteroatoms. The van der Waals surface area contributed by atoms with Crippen molar-refractivity contribution in [2.24, 2.45) is 0 Å². The van der Waals surface area contributed by atoms with Crippen molar-refractivity contribution in [3.05, 3.63) is 36.5 Å². The van der Waals surface area contributed by atoms with E-state index >= 15 is 0 Å². The topological polar surface area (TPSA) is 69.6 Å². The van der Waals surface area contributed by atoms with Gasteiger partial charge in [-0.15, -0.1) is 0 Å². The van der Waals surface area contributed by atoms with Gasteiger partial charge in [0.15, 0.2) is 0 Å². The Bertz CT molecular complexity index is 836. The van der Waals surface area contributed by atoms with E-state index in [9.17, 15) is 15.0 Å². The molecule has 0 radical (unpaired) electrons. The summed E-state index contributed by atoms with van der Waals surface area (Å²) in [4.78, 5) is 12.4. The van der Waals surface area contributed by atoms with Crippen LogP contribution in [0.4, 0.5) is 0 Å². The second-order valence-electron chi connectivity index (χ2n) is 16.9. The minimum Gasteiger partial charge on any atom is -0.394 e. The van der Waals surface area contributed by atoms with Crippen LogP contribution >= 0.6 is 0 Å². The van der Waals surface area contributed by atoms with Crippen LogP contribution in [-0.2, 0) is 4.79 Å². The maximum absolute atomic E-state index is 12.4. The Morgan fingerprint density at radius 1 is 0.418 bits per heavy atom. The van der Waals surface area contributed by atoms with Crippen LogP contribution in [0.15, 0.2) is 36.5 Å². The summed E-state index contributed by atoms with van der Waals surface area (Å²) < 4.78 is 0. The minimum absolute atomic E-state index is 0.0728. The molecule has 0 saturated carbocycles. The molecule has 0 aromatic rings. The second-order valence-corrected chi connectivity index (χ2v) is 16.9. The molecule has 0 heterocycles. The van der Waals surface area contributed by atoms with E-state index in [0.717, 1.165) is 32.1 Å². The van der Waals surface area contributed by atoms with Crippen LogP contribution in [-0.4, -0.2) is 34.9 Å². The molecule has 0 spiro atoms. The Kier molecular flexibility index (Phi) is 45.8. The maximum Gasteiger partial charge on any atom is 0.220 e. The molecule has 4 nitrogen and oxygen atoms in total. The van der Waals surface area contributed by atoms with Gasteiger partial charge in [0.25, 0.3) is 0 Å². The van der Waals surface area contributed by atoms with Crippen molar-refractivity contribution in [1.82, 2.24) is 5.32 Å². The number of carbonyl (C=O) groups excluding carboxylic acids is 1. The fourth-order valence-corrected chi connectivity index (χ4v) is 7.54. The molecule has 0 bridgehead atoms. The molecule has 324 valence electrons. The van der Waals surface area contributed by atoms with Crippen molar-refractivity contribution < 1.29 is 15.0 Å². The first-order chi connectivity index (χ1) is 27.2. The molecule has 1 amide bonds. The molecule has 0 saturated heterocycles. The summed E-state index contributed by atoms with van der Waals surface area (Å²) in [5.41, 5.74) is 0. The number of aliphatic hydroxyl groups excluding tert-OH is 2. The Balaban J connectivity index is 3.43. The Morgan fingerprint density at radius 2 is 0.709 bits per heavy atom. The first-order valence-corrected chi connectivity index (χ1v) is 24.7. The van der Waals surface area contributed by atoms with E-state index in [2.05, 4.69) is 43.5 Å². The number of aliphatic hydroxyl groups is 2. The lowest BCUT2D eigenvalue weighted by Crippen LogP contribution is -2.45. The van der Waals surface area contributed by atoms with Gasteiger partial charge in [0.2, 0.25) is 5.91 Å². The highest BCUT2D eigenvalue weighted by molar-refractivity contribution is 5.76. The zero-order valence-corrected chi connectivity index (χ0v) is 37.2. The van der Waals surface area contributed by atoms with Gasteiger partial charge >= 0.3 is 0 Å². The van der Waals surface area contributed by atoms with Gasteiger partial charge in [-0.2, -0.15) is 0 Å². The number of allylic oxidation sites excluding steroid dienone is 5. The molecule has 0 aliphatic carbocycles. The fourth-order valence-electron chi connectivity index (χ4n) is 7.54. The summed E-state index contributed by atoms with van der Waals surface area (Å²) in [5, 5.41) is 22.9. The van der Waals surface area contributed by atoms with E-state index in [0.29, 0.717) is 6.42 Å². The average molecular weight is 772 g/mol.